The molecule has 0 radical (unpaired) electrons. The first-order chi connectivity index (χ1) is 13.8. The predicted octanol–water partition coefficient (Wildman–Crippen LogP) is 4.66. The van der Waals surface area contributed by atoms with Crippen molar-refractivity contribution in [3.8, 4) is 0 Å². The standard InChI is InChI=1S/C21H17ClFNO4S/c1-28-21(25)17-9-2-5-12-20(17)29(26,27)24(19-11-4-3-10-18(19)22)14-15-7-6-8-16(23)13-15/h2-13H,14H2,1H3. The number of halogens is 2. The van der Waals surface area contributed by atoms with E-state index in [4.69, 9.17) is 16.3 Å². The first-order valence-electron chi connectivity index (χ1n) is 8.53. The van der Waals surface area contributed by atoms with Gasteiger partial charge in [-0.05, 0) is 42.0 Å². The maximum Gasteiger partial charge on any atom is 0.339 e. The van der Waals surface area contributed by atoms with E-state index in [0.29, 0.717) is 5.56 Å². The molecule has 0 unspecified atom stereocenters. The van der Waals surface area contributed by atoms with Crippen molar-refractivity contribution in [2.24, 2.45) is 0 Å². The Morgan fingerprint density at radius 1 is 1.03 bits per heavy atom. The molecule has 0 saturated heterocycles. The van der Waals surface area contributed by atoms with E-state index in [0.717, 1.165) is 4.31 Å². The third-order valence-electron chi connectivity index (χ3n) is 4.20. The van der Waals surface area contributed by atoms with Crippen molar-refractivity contribution >= 4 is 33.3 Å². The topological polar surface area (TPSA) is 63.7 Å². The Balaban J connectivity index is 2.18. The van der Waals surface area contributed by atoms with Crippen LogP contribution in [-0.2, 0) is 21.3 Å². The summed E-state index contributed by atoms with van der Waals surface area (Å²) in [4.78, 5) is 11.9. The molecular weight excluding hydrogens is 417 g/mol. The summed E-state index contributed by atoms with van der Waals surface area (Å²) >= 11 is 6.27. The lowest BCUT2D eigenvalue weighted by Crippen LogP contribution is -2.32. The number of ether oxygens (including phenoxy) is 1. The maximum absolute atomic E-state index is 13.7. The quantitative estimate of drug-likeness (QED) is 0.530. The van der Waals surface area contributed by atoms with Gasteiger partial charge in [0.05, 0.1) is 29.9 Å². The minimum absolute atomic E-state index is 0.105. The van der Waals surface area contributed by atoms with Crippen molar-refractivity contribution in [2.75, 3.05) is 11.4 Å². The summed E-state index contributed by atoms with van der Waals surface area (Å²) in [6.45, 7) is -0.181. The Labute approximate surface area is 173 Å². The summed E-state index contributed by atoms with van der Waals surface area (Å²) in [6, 6.07) is 17.7. The van der Waals surface area contributed by atoms with Crippen molar-refractivity contribution in [1.29, 1.82) is 0 Å². The van der Waals surface area contributed by atoms with Gasteiger partial charge >= 0.3 is 5.97 Å². The van der Waals surface area contributed by atoms with Gasteiger partial charge in [-0.25, -0.2) is 17.6 Å². The molecule has 0 aliphatic rings. The number of carbonyl (C=O) groups excluding carboxylic acids is 1. The van der Waals surface area contributed by atoms with Gasteiger partial charge in [0.2, 0.25) is 0 Å². The molecule has 0 atom stereocenters. The van der Waals surface area contributed by atoms with Gasteiger partial charge in [0.15, 0.2) is 0 Å². The van der Waals surface area contributed by atoms with Crippen LogP contribution in [0.4, 0.5) is 10.1 Å². The summed E-state index contributed by atoms with van der Waals surface area (Å²) in [5, 5.41) is 0.197. The summed E-state index contributed by atoms with van der Waals surface area (Å²) < 4.78 is 46.6. The Morgan fingerprint density at radius 2 is 1.72 bits per heavy atom. The van der Waals surface area contributed by atoms with Gasteiger partial charge in [-0.3, -0.25) is 4.31 Å². The molecule has 3 aromatic rings. The van der Waals surface area contributed by atoms with Crippen LogP contribution in [0.3, 0.4) is 0 Å². The number of para-hydroxylation sites is 1. The average molecular weight is 434 g/mol. The molecule has 0 bridgehead atoms. The van der Waals surface area contributed by atoms with Crippen molar-refractivity contribution in [2.45, 2.75) is 11.4 Å². The third-order valence-corrected chi connectivity index (χ3v) is 6.33. The van der Waals surface area contributed by atoms with E-state index < -0.39 is 21.8 Å². The number of benzene rings is 3. The molecule has 0 amide bonds. The fraction of sp³-hybridized carbons (Fsp3) is 0.0952. The molecule has 5 nitrogen and oxygen atoms in total. The lowest BCUT2D eigenvalue weighted by Gasteiger charge is -2.26. The van der Waals surface area contributed by atoms with E-state index in [-0.39, 0.29) is 27.7 Å². The highest BCUT2D eigenvalue weighted by Gasteiger charge is 2.31. The van der Waals surface area contributed by atoms with Crippen LogP contribution in [0.2, 0.25) is 5.02 Å². The van der Waals surface area contributed by atoms with Crippen molar-refractivity contribution in [3.05, 3.63) is 94.8 Å². The van der Waals surface area contributed by atoms with Gasteiger partial charge in [-0.2, -0.15) is 0 Å². The molecule has 8 heteroatoms. The molecule has 0 fully saturated rings. The summed E-state index contributed by atoms with van der Waals surface area (Å²) in [5.41, 5.74) is 0.522. The van der Waals surface area contributed by atoms with E-state index in [1.165, 1.54) is 49.6 Å². The molecule has 0 aliphatic heterocycles. The maximum atomic E-state index is 13.7. The number of sulfonamides is 1. The second-order valence-electron chi connectivity index (χ2n) is 6.08. The van der Waals surface area contributed by atoms with Crippen LogP contribution in [0.5, 0.6) is 0 Å². The van der Waals surface area contributed by atoms with Gasteiger partial charge in [-0.1, -0.05) is 48.0 Å². The summed E-state index contributed by atoms with van der Waals surface area (Å²) in [5.74, 6) is -1.27. The van der Waals surface area contributed by atoms with Crippen LogP contribution < -0.4 is 4.31 Å². The first-order valence-corrected chi connectivity index (χ1v) is 10.4. The van der Waals surface area contributed by atoms with Crippen molar-refractivity contribution < 1.29 is 22.3 Å². The number of rotatable bonds is 6. The predicted molar refractivity (Wildman–Crippen MR) is 109 cm³/mol. The van der Waals surface area contributed by atoms with E-state index in [2.05, 4.69) is 0 Å². The molecule has 3 aromatic carbocycles. The van der Waals surface area contributed by atoms with Crippen molar-refractivity contribution in [3.63, 3.8) is 0 Å². The molecule has 0 aliphatic carbocycles. The Kier molecular flexibility index (Phi) is 6.20. The van der Waals surface area contributed by atoms with E-state index in [9.17, 15) is 17.6 Å². The van der Waals surface area contributed by atoms with Gasteiger partial charge in [-0.15, -0.1) is 0 Å². The van der Waals surface area contributed by atoms with Crippen LogP contribution in [0.1, 0.15) is 15.9 Å². The molecule has 0 spiro atoms. The zero-order valence-electron chi connectivity index (χ0n) is 15.4. The van der Waals surface area contributed by atoms with Crippen molar-refractivity contribution in [1.82, 2.24) is 0 Å². The molecule has 150 valence electrons. The molecule has 3 rings (SSSR count). The molecule has 0 heterocycles. The Hall–Kier alpha value is -2.90. The molecular formula is C21H17ClFNO4S. The SMILES string of the molecule is COC(=O)c1ccccc1S(=O)(=O)N(Cc1cccc(F)c1)c1ccccc1Cl. The van der Waals surface area contributed by atoms with Crippen LogP contribution in [0, 0.1) is 5.82 Å². The smallest absolute Gasteiger partial charge is 0.339 e. The lowest BCUT2D eigenvalue weighted by atomic mass is 10.2. The summed E-state index contributed by atoms with van der Waals surface area (Å²) in [7, 11) is -3.08. The largest absolute Gasteiger partial charge is 0.465 e. The second-order valence-corrected chi connectivity index (χ2v) is 8.32. The highest BCUT2D eigenvalue weighted by molar-refractivity contribution is 7.92. The fourth-order valence-electron chi connectivity index (χ4n) is 2.84. The molecule has 0 saturated carbocycles. The van der Waals surface area contributed by atoms with Gasteiger partial charge in [0, 0.05) is 0 Å². The molecule has 0 aromatic heterocycles. The third kappa shape index (κ3) is 4.41. The number of hydrogen-bond donors (Lipinski definition) is 0. The van der Waals surface area contributed by atoms with Crippen LogP contribution >= 0.6 is 11.6 Å². The van der Waals surface area contributed by atoms with Crippen LogP contribution in [0.25, 0.3) is 0 Å². The van der Waals surface area contributed by atoms with E-state index in [1.807, 2.05) is 0 Å². The van der Waals surface area contributed by atoms with Crippen LogP contribution in [0.15, 0.2) is 77.7 Å². The molecule has 0 N–H and O–H groups in total. The zero-order valence-corrected chi connectivity index (χ0v) is 17.0. The van der Waals surface area contributed by atoms with E-state index >= 15 is 0 Å². The van der Waals surface area contributed by atoms with Gasteiger partial charge in [0.25, 0.3) is 10.0 Å². The average Bonchev–Trinajstić information content (AvgIpc) is 2.72. The monoisotopic (exact) mass is 433 g/mol. The second kappa shape index (κ2) is 8.63. The normalized spacial score (nSPS) is 11.1. The minimum Gasteiger partial charge on any atom is -0.465 e. The lowest BCUT2D eigenvalue weighted by molar-refractivity contribution is 0.0596. The zero-order chi connectivity index (χ0) is 21.0. The Bertz CT molecular complexity index is 1150. The summed E-state index contributed by atoms with van der Waals surface area (Å²) in [6.07, 6.45) is 0. The number of hydrogen-bond acceptors (Lipinski definition) is 4. The van der Waals surface area contributed by atoms with Gasteiger partial charge in [0.1, 0.15) is 10.7 Å². The first kappa shape index (κ1) is 20.8. The van der Waals surface area contributed by atoms with E-state index in [1.54, 1.807) is 30.3 Å². The number of anilines is 1. The number of carbonyl (C=O) groups is 1. The molecule has 29 heavy (non-hydrogen) atoms. The highest BCUT2D eigenvalue weighted by atomic mass is 35.5. The highest BCUT2D eigenvalue weighted by Crippen LogP contribution is 2.33. The van der Waals surface area contributed by atoms with Gasteiger partial charge < -0.3 is 4.74 Å². The number of methoxy groups -OCH3 is 1. The fourth-order valence-corrected chi connectivity index (χ4v) is 4.79. The number of nitrogens with zero attached hydrogens (tertiary/aromatic N) is 1. The van der Waals surface area contributed by atoms with Crippen LogP contribution in [-0.4, -0.2) is 21.5 Å². The Morgan fingerprint density at radius 3 is 2.41 bits per heavy atom. The number of esters is 1. The minimum atomic E-state index is -4.25.